The highest BCUT2D eigenvalue weighted by Crippen LogP contribution is 2.17. The first-order valence-electron chi connectivity index (χ1n) is 6.86. The van der Waals surface area contributed by atoms with Gasteiger partial charge in [0.25, 0.3) is 0 Å². The summed E-state index contributed by atoms with van der Waals surface area (Å²) in [5.74, 6) is 0.495. The molecule has 1 saturated heterocycles. The molecule has 2 rings (SSSR count). The molecule has 0 aromatic heterocycles. The molecule has 1 heterocycles. The van der Waals surface area contributed by atoms with Crippen molar-refractivity contribution in [3.05, 3.63) is 35.4 Å². The van der Waals surface area contributed by atoms with Crippen LogP contribution in [0.2, 0.25) is 0 Å². The van der Waals surface area contributed by atoms with Gasteiger partial charge in [0, 0.05) is 31.0 Å². The minimum atomic E-state index is -0.154. The number of piperidine rings is 1. The minimum Gasteiger partial charge on any atom is -0.299 e. The molecule has 0 aliphatic carbocycles. The van der Waals surface area contributed by atoms with E-state index in [-0.39, 0.29) is 17.7 Å². The van der Waals surface area contributed by atoms with E-state index in [0.29, 0.717) is 25.3 Å². The second-order valence-electron chi connectivity index (χ2n) is 5.52. The lowest BCUT2D eigenvalue weighted by molar-refractivity contribution is -0.125. The highest BCUT2D eigenvalue weighted by atomic mass is 16.1. The van der Waals surface area contributed by atoms with E-state index >= 15 is 0 Å². The number of carbonyl (C=O) groups excluding carboxylic acids is 2. The van der Waals surface area contributed by atoms with Crippen LogP contribution in [-0.2, 0) is 4.79 Å². The summed E-state index contributed by atoms with van der Waals surface area (Å²) in [5, 5.41) is 0. The molecule has 0 amide bonds. The Hall–Kier alpha value is -1.48. The van der Waals surface area contributed by atoms with Crippen LogP contribution in [0, 0.1) is 12.8 Å². The Morgan fingerprint density at radius 2 is 1.95 bits per heavy atom. The molecule has 1 aliphatic heterocycles. The molecule has 1 aromatic carbocycles. The van der Waals surface area contributed by atoms with Gasteiger partial charge in [-0.15, -0.1) is 0 Å². The van der Waals surface area contributed by atoms with Crippen molar-refractivity contribution in [2.24, 2.45) is 5.92 Å². The summed E-state index contributed by atoms with van der Waals surface area (Å²) in [5.41, 5.74) is 1.91. The van der Waals surface area contributed by atoms with Crippen molar-refractivity contribution in [2.45, 2.75) is 33.2 Å². The number of aryl methyl sites for hydroxylation is 1. The Bertz CT molecular complexity index is 478. The van der Waals surface area contributed by atoms with Crippen LogP contribution in [-0.4, -0.2) is 35.6 Å². The number of hydrogen-bond donors (Lipinski definition) is 0. The Kier molecular flexibility index (Phi) is 4.15. The van der Waals surface area contributed by atoms with Crippen LogP contribution in [0.3, 0.4) is 0 Å². The lowest BCUT2D eigenvalue weighted by Gasteiger charge is -2.34. The zero-order valence-corrected chi connectivity index (χ0v) is 11.8. The maximum atomic E-state index is 12.4. The van der Waals surface area contributed by atoms with Crippen LogP contribution in [0.1, 0.15) is 36.2 Å². The standard InChI is InChI=1S/C16H21NO2/c1-11-4-6-14(7-5-11)16(19)13(3)17-9-8-15(18)12(2)10-17/h4-7,12-13H,8-10H2,1-3H3. The molecule has 1 fully saturated rings. The highest BCUT2D eigenvalue weighted by molar-refractivity contribution is 6.00. The van der Waals surface area contributed by atoms with Crippen molar-refractivity contribution in [2.75, 3.05) is 13.1 Å². The van der Waals surface area contributed by atoms with Gasteiger partial charge in [-0.05, 0) is 13.8 Å². The van der Waals surface area contributed by atoms with E-state index in [1.165, 1.54) is 0 Å². The first kappa shape index (κ1) is 13.9. The predicted octanol–water partition coefficient (Wildman–Crippen LogP) is 2.48. The van der Waals surface area contributed by atoms with Gasteiger partial charge in [0.05, 0.1) is 6.04 Å². The van der Waals surface area contributed by atoms with Crippen molar-refractivity contribution < 1.29 is 9.59 Å². The number of ketones is 2. The number of benzene rings is 1. The summed E-state index contributed by atoms with van der Waals surface area (Å²) < 4.78 is 0. The Balaban J connectivity index is 2.07. The zero-order valence-electron chi connectivity index (χ0n) is 11.8. The molecule has 2 atom stereocenters. The number of likely N-dealkylation sites (tertiary alicyclic amines) is 1. The molecule has 0 bridgehead atoms. The fourth-order valence-electron chi connectivity index (χ4n) is 2.52. The number of Topliss-reactive ketones (excluding diaryl/α,β-unsaturated/α-hetero) is 2. The van der Waals surface area contributed by atoms with Gasteiger partial charge in [0.1, 0.15) is 5.78 Å². The van der Waals surface area contributed by atoms with Crippen LogP contribution >= 0.6 is 0 Å². The van der Waals surface area contributed by atoms with Crippen LogP contribution in [0.4, 0.5) is 0 Å². The maximum Gasteiger partial charge on any atom is 0.179 e. The van der Waals surface area contributed by atoms with Crippen molar-refractivity contribution in [3.63, 3.8) is 0 Å². The van der Waals surface area contributed by atoms with Gasteiger partial charge < -0.3 is 0 Å². The van der Waals surface area contributed by atoms with E-state index in [4.69, 9.17) is 0 Å². The van der Waals surface area contributed by atoms with E-state index in [2.05, 4.69) is 4.90 Å². The third kappa shape index (κ3) is 3.10. The van der Waals surface area contributed by atoms with Gasteiger partial charge in [-0.3, -0.25) is 14.5 Å². The molecule has 19 heavy (non-hydrogen) atoms. The first-order chi connectivity index (χ1) is 8.99. The number of hydrogen-bond acceptors (Lipinski definition) is 3. The van der Waals surface area contributed by atoms with Crippen molar-refractivity contribution in [1.82, 2.24) is 4.90 Å². The maximum absolute atomic E-state index is 12.4. The summed E-state index contributed by atoms with van der Waals surface area (Å²) >= 11 is 0. The fourth-order valence-corrected chi connectivity index (χ4v) is 2.52. The average Bonchev–Trinajstić information content (AvgIpc) is 2.41. The van der Waals surface area contributed by atoms with E-state index < -0.39 is 0 Å². The lowest BCUT2D eigenvalue weighted by Crippen LogP contribution is -2.47. The molecule has 1 aromatic rings. The normalized spacial score (nSPS) is 22.3. The number of carbonyl (C=O) groups is 2. The van der Waals surface area contributed by atoms with E-state index in [1.807, 2.05) is 45.0 Å². The second-order valence-corrected chi connectivity index (χ2v) is 5.52. The topological polar surface area (TPSA) is 37.4 Å². The van der Waals surface area contributed by atoms with Crippen molar-refractivity contribution >= 4 is 11.6 Å². The van der Waals surface area contributed by atoms with Crippen LogP contribution in [0.15, 0.2) is 24.3 Å². The van der Waals surface area contributed by atoms with Crippen LogP contribution in [0.5, 0.6) is 0 Å². The zero-order chi connectivity index (χ0) is 14.0. The van der Waals surface area contributed by atoms with E-state index in [1.54, 1.807) is 0 Å². The largest absolute Gasteiger partial charge is 0.299 e. The third-order valence-electron chi connectivity index (χ3n) is 3.97. The van der Waals surface area contributed by atoms with Gasteiger partial charge in [-0.25, -0.2) is 0 Å². The van der Waals surface area contributed by atoms with Gasteiger partial charge in [0.15, 0.2) is 5.78 Å². The van der Waals surface area contributed by atoms with Crippen molar-refractivity contribution in [3.8, 4) is 0 Å². The molecule has 0 saturated carbocycles. The summed E-state index contributed by atoms with van der Waals surface area (Å²) in [4.78, 5) is 26.1. The van der Waals surface area contributed by atoms with Gasteiger partial charge >= 0.3 is 0 Å². The lowest BCUT2D eigenvalue weighted by atomic mass is 9.95. The summed E-state index contributed by atoms with van der Waals surface area (Å²) in [6.07, 6.45) is 0.562. The van der Waals surface area contributed by atoms with E-state index in [0.717, 1.165) is 11.1 Å². The molecule has 2 unspecified atom stereocenters. The molecule has 3 nitrogen and oxygen atoms in total. The summed E-state index contributed by atoms with van der Waals surface area (Å²) in [7, 11) is 0. The van der Waals surface area contributed by atoms with Crippen molar-refractivity contribution in [1.29, 1.82) is 0 Å². The predicted molar refractivity (Wildman–Crippen MR) is 75.3 cm³/mol. The molecule has 102 valence electrons. The first-order valence-corrected chi connectivity index (χ1v) is 6.86. The minimum absolute atomic E-state index is 0.0435. The monoisotopic (exact) mass is 259 g/mol. The Labute approximate surface area is 114 Å². The van der Waals surface area contributed by atoms with Gasteiger partial charge in [-0.2, -0.15) is 0 Å². The molecule has 0 spiro atoms. The molecular formula is C16H21NO2. The second kappa shape index (κ2) is 5.66. The average molecular weight is 259 g/mol. The molecule has 0 radical (unpaired) electrons. The smallest absolute Gasteiger partial charge is 0.179 e. The Morgan fingerprint density at radius 3 is 2.53 bits per heavy atom. The highest BCUT2D eigenvalue weighted by Gasteiger charge is 2.29. The van der Waals surface area contributed by atoms with Crippen LogP contribution < -0.4 is 0 Å². The SMILES string of the molecule is Cc1ccc(C(=O)C(C)N2CCC(=O)C(C)C2)cc1. The van der Waals surface area contributed by atoms with Crippen LogP contribution in [0.25, 0.3) is 0 Å². The third-order valence-corrected chi connectivity index (χ3v) is 3.97. The Morgan fingerprint density at radius 1 is 1.32 bits per heavy atom. The molecule has 3 heteroatoms. The summed E-state index contributed by atoms with van der Waals surface area (Å²) in [6.45, 7) is 7.28. The molecular weight excluding hydrogens is 238 g/mol. The van der Waals surface area contributed by atoms with Gasteiger partial charge in [0.2, 0.25) is 0 Å². The molecule has 1 aliphatic rings. The van der Waals surface area contributed by atoms with Gasteiger partial charge in [-0.1, -0.05) is 36.8 Å². The molecule has 0 N–H and O–H groups in total. The van der Waals surface area contributed by atoms with E-state index in [9.17, 15) is 9.59 Å². The fraction of sp³-hybridized carbons (Fsp3) is 0.500. The quantitative estimate of drug-likeness (QED) is 0.783. The summed E-state index contributed by atoms with van der Waals surface area (Å²) in [6, 6.07) is 7.53. The number of rotatable bonds is 3. The number of nitrogens with zero attached hydrogens (tertiary/aromatic N) is 1.